The first-order valence-electron chi connectivity index (χ1n) is 5.96. The molecule has 0 aliphatic heterocycles. The zero-order valence-electron chi connectivity index (χ0n) is 10.6. The zero-order valence-corrected chi connectivity index (χ0v) is 12.1. The molecule has 20 heavy (non-hydrogen) atoms. The molecule has 0 radical (unpaired) electrons. The van der Waals surface area contributed by atoms with Crippen LogP contribution in [-0.2, 0) is 0 Å². The van der Waals surface area contributed by atoms with Crippen molar-refractivity contribution in [2.45, 2.75) is 13.3 Å². The number of benzene rings is 1. The van der Waals surface area contributed by atoms with E-state index in [1.165, 1.54) is 12.1 Å². The minimum absolute atomic E-state index is 0.0505. The highest BCUT2D eigenvalue weighted by molar-refractivity contribution is 6.30. The molecule has 2 N–H and O–H groups in total. The molecule has 0 fully saturated rings. The van der Waals surface area contributed by atoms with E-state index in [1.54, 1.807) is 6.07 Å². The van der Waals surface area contributed by atoms with Gasteiger partial charge in [0.1, 0.15) is 5.82 Å². The predicted octanol–water partition coefficient (Wildman–Crippen LogP) is 3.88. The molecular weight excluding hydrogens is 304 g/mol. The summed E-state index contributed by atoms with van der Waals surface area (Å²) in [5, 5.41) is 5.95. The lowest BCUT2D eigenvalue weighted by Crippen LogP contribution is -2.07. The van der Waals surface area contributed by atoms with E-state index in [2.05, 4.69) is 25.6 Å². The smallest absolute Gasteiger partial charge is 0.233 e. The average molecular weight is 316 g/mol. The molecule has 8 heteroatoms. The molecular formula is C12H12Cl2FN5. The van der Waals surface area contributed by atoms with Gasteiger partial charge in [-0.25, -0.2) is 4.39 Å². The molecule has 0 unspecified atom stereocenters. The number of hydrogen-bond acceptors (Lipinski definition) is 5. The number of aromatic nitrogens is 3. The Bertz CT molecular complexity index is 608. The maximum atomic E-state index is 13.3. The van der Waals surface area contributed by atoms with Crippen LogP contribution in [-0.4, -0.2) is 21.5 Å². The third kappa shape index (κ3) is 3.91. The summed E-state index contributed by atoms with van der Waals surface area (Å²) in [6.45, 7) is 2.74. The highest BCUT2D eigenvalue weighted by atomic mass is 35.5. The summed E-state index contributed by atoms with van der Waals surface area (Å²) in [5.74, 6) is 0.0651. The first-order valence-corrected chi connectivity index (χ1v) is 6.71. The summed E-state index contributed by atoms with van der Waals surface area (Å²) < 4.78 is 13.3. The maximum absolute atomic E-state index is 13.3. The number of hydrogen-bond donors (Lipinski definition) is 2. The lowest BCUT2D eigenvalue weighted by molar-refractivity contribution is 0.629. The molecule has 1 aromatic carbocycles. The Kier molecular flexibility index (Phi) is 4.92. The second-order valence-electron chi connectivity index (χ2n) is 3.93. The van der Waals surface area contributed by atoms with E-state index in [0.29, 0.717) is 11.6 Å². The van der Waals surface area contributed by atoms with Gasteiger partial charge >= 0.3 is 0 Å². The summed E-state index contributed by atoms with van der Waals surface area (Å²) in [4.78, 5) is 12.0. The van der Waals surface area contributed by atoms with Crippen LogP contribution in [0.4, 0.5) is 22.0 Å². The number of anilines is 3. The van der Waals surface area contributed by atoms with E-state index in [-0.39, 0.29) is 16.3 Å². The van der Waals surface area contributed by atoms with E-state index in [9.17, 15) is 4.39 Å². The second-order valence-corrected chi connectivity index (χ2v) is 4.68. The summed E-state index contributed by atoms with van der Waals surface area (Å²) in [6, 6.07) is 4.31. The third-order valence-corrected chi connectivity index (χ3v) is 2.79. The Balaban J connectivity index is 2.19. The standard InChI is InChI=1S/C12H12Cl2FN5/c1-2-5-16-11-18-10(14)19-12(20-11)17-7-3-4-8(13)9(15)6-7/h3-4,6H,2,5H2,1H3,(H2,16,17,18,19,20). The van der Waals surface area contributed by atoms with Crippen LogP contribution in [0.15, 0.2) is 18.2 Å². The fourth-order valence-electron chi connectivity index (χ4n) is 1.42. The lowest BCUT2D eigenvalue weighted by Gasteiger charge is -2.08. The van der Waals surface area contributed by atoms with E-state index < -0.39 is 5.82 Å². The molecule has 0 aliphatic rings. The Morgan fingerprint density at radius 2 is 1.90 bits per heavy atom. The number of nitrogens with zero attached hydrogens (tertiary/aromatic N) is 3. The van der Waals surface area contributed by atoms with Crippen molar-refractivity contribution < 1.29 is 4.39 Å². The predicted molar refractivity (Wildman–Crippen MR) is 78.3 cm³/mol. The van der Waals surface area contributed by atoms with Crippen LogP contribution in [0.5, 0.6) is 0 Å². The molecule has 0 bridgehead atoms. The van der Waals surface area contributed by atoms with Gasteiger partial charge in [0, 0.05) is 12.2 Å². The van der Waals surface area contributed by atoms with Gasteiger partial charge in [0.15, 0.2) is 0 Å². The minimum atomic E-state index is -0.527. The Labute approximate surface area is 125 Å². The van der Waals surface area contributed by atoms with Crippen LogP contribution >= 0.6 is 23.2 Å². The number of rotatable bonds is 5. The maximum Gasteiger partial charge on any atom is 0.233 e. The molecule has 106 valence electrons. The van der Waals surface area contributed by atoms with Crippen molar-refractivity contribution in [3.05, 3.63) is 34.3 Å². The fraction of sp³-hybridized carbons (Fsp3) is 0.250. The van der Waals surface area contributed by atoms with Crippen LogP contribution in [0.25, 0.3) is 0 Å². The summed E-state index contributed by atoms with van der Waals surface area (Å²) >= 11 is 11.4. The summed E-state index contributed by atoms with van der Waals surface area (Å²) in [6.07, 6.45) is 0.925. The van der Waals surface area contributed by atoms with Crippen molar-refractivity contribution in [1.82, 2.24) is 15.0 Å². The molecule has 0 saturated heterocycles. The van der Waals surface area contributed by atoms with Crippen LogP contribution in [0, 0.1) is 5.82 Å². The van der Waals surface area contributed by atoms with E-state index in [4.69, 9.17) is 23.2 Å². The highest BCUT2D eigenvalue weighted by Crippen LogP contribution is 2.21. The van der Waals surface area contributed by atoms with E-state index in [1.807, 2.05) is 6.92 Å². The molecule has 2 aromatic rings. The largest absolute Gasteiger partial charge is 0.354 e. The average Bonchev–Trinajstić information content (AvgIpc) is 2.40. The Morgan fingerprint density at radius 3 is 2.60 bits per heavy atom. The molecule has 0 saturated carbocycles. The quantitative estimate of drug-likeness (QED) is 0.876. The van der Waals surface area contributed by atoms with Crippen molar-refractivity contribution in [1.29, 1.82) is 0 Å². The molecule has 2 rings (SSSR count). The third-order valence-electron chi connectivity index (χ3n) is 2.32. The molecule has 0 aliphatic carbocycles. The van der Waals surface area contributed by atoms with Crippen molar-refractivity contribution >= 4 is 40.8 Å². The molecule has 1 aromatic heterocycles. The summed E-state index contributed by atoms with van der Waals surface area (Å²) in [5.41, 5.74) is 0.468. The topological polar surface area (TPSA) is 62.7 Å². The van der Waals surface area contributed by atoms with Gasteiger partial charge in [-0.15, -0.1) is 0 Å². The van der Waals surface area contributed by atoms with Crippen molar-refractivity contribution in [2.75, 3.05) is 17.2 Å². The SMILES string of the molecule is CCCNc1nc(Cl)nc(Nc2ccc(Cl)c(F)c2)n1. The first kappa shape index (κ1) is 14.7. The molecule has 0 amide bonds. The molecule has 0 spiro atoms. The number of nitrogens with one attached hydrogen (secondary N) is 2. The van der Waals surface area contributed by atoms with Crippen molar-refractivity contribution in [3.8, 4) is 0 Å². The van der Waals surface area contributed by atoms with Crippen molar-refractivity contribution in [3.63, 3.8) is 0 Å². The van der Waals surface area contributed by atoms with E-state index in [0.717, 1.165) is 13.0 Å². The van der Waals surface area contributed by atoms with Gasteiger partial charge in [-0.05, 0) is 36.2 Å². The van der Waals surface area contributed by atoms with Gasteiger partial charge in [-0.3, -0.25) is 0 Å². The first-order chi connectivity index (χ1) is 9.58. The molecule has 1 heterocycles. The van der Waals surface area contributed by atoms with Crippen LogP contribution < -0.4 is 10.6 Å². The van der Waals surface area contributed by atoms with Crippen LogP contribution in [0.1, 0.15) is 13.3 Å². The normalized spacial score (nSPS) is 10.4. The number of halogens is 3. The minimum Gasteiger partial charge on any atom is -0.354 e. The van der Waals surface area contributed by atoms with Gasteiger partial charge < -0.3 is 10.6 Å². The van der Waals surface area contributed by atoms with Crippen molar-refractivity contribution in [2.24, 2.45) is 0 Å². The fourth-order valence-corrected chi connectivity index (χ4v) is 1.70. The molecule has 0 atom stereocenters. The lowest BCUT2D eigenvalue weighted by atomic mass is 10.3. The van der Waals surface area contributed by atoms with Crippen LogP contribution in [0.3, 0.4) is 0 Å². The Morgan fingerprint density at radius 1 is 1.15 bits per heavy atom. The zero-order chi connectivity index (χ0) is 14.5. The van der Waals surface area contributed by atoms with Crippen LogP contribution in [0.2, 0.25) is 10.3 Å². The van der Waals surface area contributed by atoms with Gasteiger partial charge in [-0.2, -0.15) is 15.0 Å². The van der Waals surface area contributed by atoms with Gasteiger partial charge in [0.25, 0.3) is 0 Å². The Hall–Kier alpha value is -1.66. The van der Waals surface area contributed by atoms with Gasteiger partial charge in [0.2, 0.25) is 17.2 Å². The summed E-state index contributed by atoms with van der Waals surface area (Å²) in [7, 11) is 0. The highest BCUT2D eigenvalue weighted by Gasteiger charge is 2.06. The second kappa shape index (κ2) is 6.67. The van der Waals surface area contributed by atoms with Gasteiger partial charge in [0.05, 0.1) is 5.02 Å². The monoisotopic (exact) mass is 315 g/mol. The molecule has 5 nitrogen and oxygen atoms in total. The van der Waals surface area contributed by atoms with E-state index >= 15 is 0 Å². The van der Waals surface area contributed by atoms with Gasteiger partial charge in [-0.1, -0.05) is 18.5 Å².